The lowest BCUT2D eigenvalue weighted by molar-refractivity contribution is 0.124. The zero-order valence-corrected chi connectivity index (χ0v) is 12.5. The summed E-state index contributed by atoms with van der Waals surface area (Å²) in [6, 6.07) is 1.54. The average molecular weight is 253 g/mol. The summed E-state index contributed by atoms with van der Waals surface area (Å²) in [6.45, 7) is 7.35. The number of likely N-dealkylation sites (N-methyl/N-ethyl adjacent to an activating group) is 1. The third kappa shape index (κ3) is 3.94. The van der Waals surface area contributed by atoms with Gasteiger partial charge in [0.25, 0.3) is 0 Å². The van der Waals surface area contributed by atoms with Gasteiger partial charge in [0.05, 0.1) is 0 Å². The van der Waals surface area contributed by atoms with Crippen LogP contribution in [0.15, 0.2) is 0 Å². The highest BCUT2D eigenvalue weighted by Crippen LogP contribution is 2.21. The van der Waals surface area contributed by atoms with Crippen molar-refractivity contribution < 1.29 is 0 Å². The predicted octanol–water partition coefficient (Wildman–Crippen LogP) is 1.79. The number of likely N-dealkylation sites (tertiary alicyclic amines) is 1. The monoisotopic (exact) mass is 253 g/mol. The first-order chi connectivity index (χ1) is 8.69. The van der Waals surface area contributed by atoms with Gasteiger partial charge < -0.3 is 15.1 Å². The van der Waals surface area contributed by atoms with Gasteiger partial charge in [0.2, 0.25) is 0 Å². The molecule has 0 radical (unpaired) electrons. The van der Waals surface area contributed by atoms with Crippen LogP contribution in [0.1, 0.15) is 39.0 Å². The Morgan fingerprint density at radius 1 is 1.22 bits per heavy atom. The average Bonchev–Trinajstić information content (AvgIpc) is 2.39. The molecular formula is C15H31N3. The van der Waals surface area contributed by atoms with Gasteiger partial charge in [0.15, 0.2) is 0 Å². The van der Waals surface area contributed by atoms with E-state index in [0.29, 0.717) is 0 Å². The largest absolute Gasteiger partial charge is 0.313 e. The number of hydrogen-bond acceptors (Lipinski definition) is 3. The molecule has 0 aromatic carbocycles. The first-order valence-electron chi connectivity index (χ1n) is 7.81. The van der Waals surface area contributed by atoms with Crippen molar-refractivity contribution in [2.45, 2.75) is 51.1 Å². The molecule has 2 aliphatic heterocycles. The van der Waals surface area contributed by atoms with Crippen molar-refractivity contribution in [1.82, 2.24) is 15.1 Å². The third-order valence-electron chi connectivity index (χ3n) is 5.00. The molecule has 1 N–H and O–H groups in total. The van der Waals surface area contributed by atoms with Crippen molar-refractivity contribution in [1.29, 1.82) is 0 Å². The van der Waals surface area contributed by atoms with Gasteiger partial charge in [0, 0.05) is 18.6 Å². The molecule has 0 bridgehead atoms. The predicted molar refractivity (Wildman–Crippen MR) is 78.0 cm³/mol. The molecule has 2 saturated heterocycles. The smallest absolute Gasteiger partial charge is 0.0197 e. The molecule has 3 heteroatoms. The second-order valence-corrected chi connectivity index (χ2v) is 6.42. The standard InChI is InChI=1S/C15H31N3/c1-4-13-5-8-16-14(11-13)12-18(3)15-6-9-17(2)10-7-15/h13-16H,4-12H2,1-3H3. The molecule has 2 fully saturated rings. The summed E-state index contributed by atoms with van der Waals surface area (Å²) in [6.07, 6.45) is 6.81. The molecule has 0 saturated carbocycles. The summed E-state index contributed by atoms with van der Waals surface area (Å²) in [5.41, 5.74) is 0. The normalized spacial score (nSPS) is 32.0. The summed E-state index contributed by atoms with van der Waals surface area (Å²) in [4.78, 5) is 5.07. The molecule has 2 unspecified atom stereocenters. The van der Waals surface area contributed by atoms with E-state index in [4.69, 9.17) is 0 Å². The van der Waals surface area contributed by atoms with Crippen LogP contribution in [0.25, 0.3) is 0 Å². The van der Waals surface area contributed by atoms with Crippen LogP contribution in [0.5, 0.6) is 0 Å². The fraction of sp³-hybridized carbons (Fsp3) is 1.00. The van der Waals surface area contributed by atoms with Gasteiger partial charge in [0.1, 0.15) is 0 Å². The Hall–Kier alpha value is -0.120. The van der Waals surface area contributed by atoms with Crippen molar-refractivity contribution in [3.05, 3.63) is 0 Å². The summed E-state index contributed by atoms with van der Waals surface area (Å²) >= 11 is 0. The number of rotatable bonds is 4. The highest BCUT2D eigenvalue weighted by Gasteiger charge is 2.25. The van der Waals surface area contributed by atoms with E-state index in [1.165, 1.54) is 58.3 Å². The Morgan fingerprint density at radius 3 is 2.61 bits per heavy atom. The van der Waals surface area contributed by atoms with Crippen molar-refractivity contribution in [3.63, 3.8) is 0 Å². The Balaban J connectivity index is 1.74. The van der Waals surface area contributed by atoms with Crippen LogP contribution in [-0.4, -0.2) is 62.2 Å². The van der Waals surface area contributed by atoms with Gasteiger partial charge in [-0.2, -0.15) is 0 Å². The van der Waals surface area contributed by atoms with Gasteiger partial charge in [-0.3, -0.25) is 0 Å². The third-order valence-corrected chi connectivity index (χ3v) is 5.00. The number of nitrogens with one attached hydrogen (secondary N) is 1. The maximum atomic E-state index is 3.71. The van der Waals surface area contributed by atoms with Crippen LogP contribution in [0.4, 0.5) is 0 Å². The Kier molecular flexibility index (Phi) is 5.46. The summed E-state index contributed by atoms with van der Waals surface area (Å²) in [5.74, 6) is 0.960. The van der Waals surface area contributed by atoms with E-state index in [1.54, 1.807) is 0 Å². The van der Waals surface area contributed by atoms with Crippen LogP contribution >= 0.6 is 0 Å². The van der Waals surface area contributed by atoms with Crippen LogP contribution in [0.3, 0.4) is 0 Å². The van der Waals surface area contributed by atoms with Crippen LogP contribution in [0.2, 0.25) is 0 Å². The molecule has 106 valence electrons. The fourth-order valence-electron chi connectivity index (χ4n) is 3.54. The van der Waals surface area contributed by atoms with Gasteiger partial charge in [-0.05, 0) is 65.3 Å². The minimum Gasteiger partial charge on any atom is -0.313 e. The van der Waals surface area contributed by atoms with Crippen LogP contribution in [0, 0.1) is 5.92 Å². The van der Waals surface area contributed by atoms with Crippen molar-refractivity contribution >= 4 is 0 Å². The van der Waals surface area contributed by atoms with E-state index >= 15 is 0 Å². The van der Waals surface area contributed by atoms with Crippen molar-refractivity contribution in [2.24, 2.45) is 5.92 Å². The molecule has 0 aromatic rings. The van der Waals surface area contributed by atoms with Gasteiger partial charge in [-0.15, -0.1) is 0 Å². The number of nitrogens with zero attached hydrogens (tertiary/aromatic N) is 2. The molecule has 18 heavy (non-hydrogen) atoms. The lowest BCUT2D eigenvalue weighted by atomic mass is 9.90. The summed E-state index contributed by atoms with van der Waals surface area (Å²) in [5, 5.41) is 3.71. The topological polar surface area (TPSA) is 18.5 Å². The maximum absolute atomic E-state index is 3.71. The van der Waals surface area contributed by atoms with Gasteiger partial charge in [-0.25, -0.2) is 0 Å². The van der Waals surface area contributed by atoms with Crippen molar-refractivity contribution in [3.8, 4) is 0 Å². The quantitative estimate of drug-likeness (QED) is 0.824. The minimum atomic E-state index is 0.730. The van der Waals surface area contributed by atoms with Crippen LogP contribution in [-0.2, 0) is 0 Å². The van der Waals surface area contributed by atoms with E-state index in [2.05, 4.69) is 36.1 Å². The number of piperidine rings is 2. The zero-order chi connectivity index (χ0) is 13.0. The van der Waals surface area contributed by atoms with E-state index < -0.39 is 0 Å². The summed E-state index contributed by atoms with van der Waals surface area (Å²) < 4.78 is 0. The zero-order valence-electron chi connectivity index (χ0n) is 12.5. The first-order valence-corrected chi connectivity index (χ1v) is 7.81. The molecule has 2 rings (SSSR count). The molecule has 2 aliphatic rings. The van der Waals surface area contributed by atoms with E-state index in [0.717, 1.165) is 18.0 Å². The highest BCUT2D eigenvalue weighted by atomic mass is 15.2. The van der Waals surface area contributed by atoms with Crippen LogP contribution < -0.4 is 5.32 Å². The molecule has 3 nitrogen and oxygen atoms in total. The van der Waals surface area contributed by atoms with E-state index in [1.807, 2.05) is 0 Å². The molecule has 0 aromatic heterocycles. The number of hydrogen-bond donors (Lipinski definition) is 1. The Bertz CT molecular complexity index is 236. The van der Waals surface area contributed by atoms with Crippen molar-refractivity contribution in [2.75, 3.05) is 40.3 Å². The second kappa shape index (κ2) is 6.88. The fourth-order valence-corrected chi connectivity index (χ4v) is 3.54. The minimum absolute atomic E-state index is 0.730. The SMILES string of the molecule is CCC1CCNC(CN(C)C2CCN(C)CC2)C1. The molecule has 0 aliphatic carbocycles. The maximum Gasteiger partial charge on any atom is 0.0197 e. The van der Waals surface area contributed by atoms with E-state index in [-0.39, 0.29) is 0 Å². The lowest BCUT2D eigenvalue weighted by Gasteiger charge is -2.38. The molecular weight excluding hydrogens is 222 g/mol. The second-order valence-electron chi connectivity index (χ2n) is 6.42. The van der Waals surface area contributed by atoms with E-state index in [9.17, 15) is 0 Å². The highest BCUT2D eigenvalue weighted by molar-refractivity contribution is 4.83. The first kappa shape index (κ1) is 14.3. The van der Waals surface area contributed by atoms with Gasteiger partial charge in [-0.1, -0.05) is 13.3 Å². The molecule has 0 spiro atoms. The van der Waals surface area contributed by atoms with Gasteiger partial charge >= 0.3 is 0 Å². The summed E-state index contributed by atoms with van der Waals surface area (Å²) in [7, 11) is 4.57. The molecule has 2 heterocycles. The Labute approximate surface area is 113 Å². The molecule has 2 atom stereocenters. The Morgan fingerprint density at radius 2 is 1.94 bits per heavy atom. The molecule has 0 amide bonds. The lowest BCUT2D eigenvalue weighted by Crippen LogP contribution is -2.49.